The second kappa shape index (κ2) is 7.01. The van der Waals surface area contributed by atoms with E-state index in [1.807, 2.05) is 0 Å². The lowest BCUT2D eigenvalue weighted by Gasteiger charge is -2.12. The molecule has 0 saturated heterocycles. The third-order valence-corrected chi connectivity index (χ3v) is 1.47. The zero-order chi connectivity index (χ0) is 13.5. The highest BCUT2D eigenvalue weighted by molar-refractivity contribution is 5.79. The molecule has 2 unspecified atom stereocenters. The molecule has 16 heavy (non-hydrogen) atoms. The second-order valence-electron chi connectivity index (χ2n) is 2.89. The number of nitrogens with two attached hydrogens (primary N) is 2. The van der Waals surface area contributed by atoms with E-state index in [4.69, 9.17) is 26.5 Å². The van der Waals surface area contributed by atoms with Gasteiger partial charge in [-0.15, -0.1) is 0 Å². The first kappa shape index (κ1) is 17.1. The van der Waals surface area contributed by atoms with Crippen LogP contribution in [0.3, 0.4) is 0 Å². The molecule has 0 aromatic carbocycles. The van der Waals surface area contributed by atoms with Crippen LogP contribution in [-0.2, 0) is 9.59 Å². The molecule has 0 heterocycles. The summed E-state index contributed by atoms with van der Waals surface area (Å²) in [7, 11) is 0. The van der Waals surface area contributed by atoms with E-state index in [9.17, 15) is 18.0 Å². The number of hydrogen-bond donors (Lipinski definition) is 4. The minimum atomic E-state index is -5.08. The van der Waals surface area contributed by atoms with Crippen LogP contribution in [0.2, 0.25) is 0 Å². The van der Waals surface area contributed by atoms with Crippen molar-refractivity contribution in [2.75, 3.05) is 6.61 Å². The van der Waals surface area contributed by atoms with E-state index < -0.39 is 24.1 Å². The quantitative estimate of drug-likeness (QED) is 0.511. The molecule has 2 atom stereocenters. The van der Waals surface area contributed by atoms with E-state index in [1.165, 1.54) is 0 Å². The van der Waals surface area contributed by atoms with Crippen LogP contribution in [0, 0.1) is 5.92 Å². The van der Waals surface area contributed by atoms with Gasteiger partial charge < -0.3 is 21.7 Å². The number of carboxylic acid groups (broad SMARTS) is 1. The first-order chi connectivity index (χ1) is 7.03. The van der Waals surface area contributed by atoms with Crippen LogP contribution >= 0.6 is 0 Å². The van der Waals surface area contributed by atoms with E-state index >= 15 is 0 Å². The monoisotopic (exact) mass is 246 g/mol. The SMILES string of the molecule is CC(CO)C(N)C(N)=O.O=C(O)C(F)(F)F. The molecule has 0 aliphatic carbocycles. The summed E-state index contributed by atoms with van der Waals surface area (Å²) in [5, 5.41) is 15.6. The van der Waals surface area contributed by atoms with E-state index in [0.717, 1.165) is 0 Å². The number of amides is 1. The molecule has 0 bridgehead atoms. The number of carboxylic acids is 1. The lowest BCUT2D eigenvalue weighted by atomic mass is 10.0. The molecule has 0 aliphatic rings. The molecule has 0 aliphatic heterocycles. The Morgan fingerprint density at radius 2 is 1.69 bits per heavy atom. The first-order valence-electron chi connectivity index (χ1n) is 3.99. The number of carbonyl (C=O) groups excluding carboxylic acids is 1. The van der Waals surface area contributed by atoms with Crippen molar-refractivity contribution in [3.63, 3.8) is 0 Å². The molecular formula is C7H13F3N2O4. The van der Waals surface area contributed by atoms with Crippen molar-refractivity contribution >= 4 is 11.9 Å². The smallest absolute Gasteiger partial charge is 0.475 e. The highest BCUT2D eigenvalue weighted by Crippen LogP contribution is 2.13. The Labute approximate surface area is 89.0 Å². The molecule has 0 rings (SSSR count). The maximum Gasteiger partial charge on any atom is 0.490 e. The second-order valence-corrected chi connectivity index (χ2v) is 2.89. The molecule has 0 saturated carbocycles. The standard InChI is InChI=1S/C5H12N2O2.C2HF3O2/c1-3(2-8)4(6)5(7)9;3-2(4,5)1(6)7/h3-4,8H,2,6H2,1H3,(H2,7,9);(H,6,7). The number of aliphatic hydroxyl groups excluding tert-OH is 1. The fourth-order valence-corrected chi connectivity index (χ4v) is 0.394. The van der Waals surface area contributed by atoms with Crippen LogP contribution in [0.5, 0.6) is 0 Å². The van der Waals surface area contributed by atoms with E-state index in [0.29, 0.717) is 0 Å². The maximum absolute atomic E-state index is 10.6. The third kappa shape index (κ3) is 8.00. The van der Waals surface area contributed by atoms with Crippen molar-refractivity contribution in [1.82, 2.24) is 0 Å². The van der Waals surface area contributed by atoms with Crippen LogP contribution in [0.1, 0.15) is 6.92 Å². The summed E-state index contributed by atoms with van der Waals surface area (Å²) >= 11 is 0. The highest BCUT2D eigenvalue weighted by Gasteiger charge is 2.38. The third-order valence-electron chi connectivity index (χ3n) is 1.47. The molecule has 1 amide bonds. The zero-order valence-electron chi connectivity index (χ0n) is 8.36. The number of primary amides is 1. The van der Waals surface area contributed by atoms with Crippen molar-refractivity contribution < 1.29 is 33.0 Å². The van der Waals surface area contributed by atoms with Crippen LogP contribution in [0.4, 0.5) is 13.2 Å². The lowest BCUT2D eigenvalue weighted by Crippen LogP contribution is -2.42. The molecule has 0 fully saturated rings. The predicted molar refractivity (Wildman–Crippen MR) is 47.1 cm³/mol. The number of alkyl halides is 3. The number of aliphatic hydroxyl groups is 1. The van der Waals surface area contributed by atoms with Crippen LogP contribution in [0.25, 0.3) is 0 Å². The van der Waals surface area contributed by atoms with E-state index in [1.54, 1.807) is 6.92 Å². The number of halogens is 3. The van der Waals surface area contributed by atoms with Gasteiger partial charge in [0.2, 0.25) is 5.91 Å². The van der Waals surface area contributed by atoms with Crippen molar-refractivity contribution in [3.05, 3.63) is 0 Å². The summed E-state index contributed by atoms with van der Waals surface area (Å²) in [6, 6.07) is -0.727. The normalized spacial score (nSPS) is 14.4. The Morgan fingerprint density at radius 3 is 1.75 bits per heavy atom. The summed E-state index contributed by atoms with van der Waals surface area (Å²) in [5.74, 6) is -3.58. The largest absolute Gasteiger partial charge is 0.490 e. The molecule has 9 heteroatoms. The molecule has 6 N–H and O–H groups in total. The number of hydrogen-bond acceptors (Lipinski definition) is 4. The van der Waals surface area contributed by atoms with E-state index in [2.05, 4.69) is 0 Å². The number of carbonyl (C=O) groups is 2. The summed E-state index contributed by atoms with van der Waals surface area (Å²) in [6.07, 6.45) is -5.08. The summed E-state index contributed by atoms with van der Waals surface area (Å²) < 4.78 is 31.7. The van der Waals surface area contributed by atoms with Crippen LogP contribution in [-0.4, -0.2) is 40.9 Å². The Balaban J connectivity index is 0. The molecular weight excluding hydrogens is 233 g/mol. The average molecular weight is 246 g/mol. The minimum Gasteiger partial charge on any atom is -0.475 e. The predicted octanol–water partition coefficient (Wildman–Crippen LogP) is -0.939. The number of aliphatic carboxylic acids is 1. The lowest BCUT2D eigenvalue weighted by molar-refractivity contribution is -0.192. The minimum absolute atomic E-state index is 0.107. The summed E-state index contributed by atoms with van der Waals surface area (Å²) in [6.45, 7) is 1.56. The van der Waals surface area contributed by atoms with Gasteiger partial charge in [0.15, 0.2) is 0 Å². The molecule has 96 valence electrons. The van der Waals surface area contributed by atoms with Gasteiger partial charge in [-0.25, -0.2) is 4.79 Å². The summed E-state index contributed by atoms with van der Waals surface area (Å²) in [5.41, 5.74) is 10.1. The van der Waals surface area contributed by atoms with Gasteiger partial charge in [0, 0.05) is 12.5 Å². The topological polar surface area (TPSA) is 127 Å². The van der Waals surface area contributed by atoms with Crippen molar-refractivity contribution in [2.45, 2.75) is 19.1 Å². The fraction of sp³-hybridized carbons (Fsp3) is 0.714. The van der Waals surface area contributed by atoms with Crippen LogP contribution in [0.15, 0.2) is 0 Å². The molecule has 0 aromatic heterocycles. The van der Waals surface area contributed by atoms with Gasteiger partial charge in [-0.2, -0.15) is 13.2 Å². The Hall–Kier alpha value is -1.35. The molecule has 6 nitrogen and oxygen atoms in total. The zero-order valence-corrected chi connectivity index (χ0v) is 8.36. The summed E-state index contributed by atoms with van der Waals surface area (Å²) in [4.78, 5) is 19.2. The van der Waals surface area contributed by atoms with E-state index in [-0.39, 0.29) is 12.5 Å². The average Bonchev–Trinajstić information content (AvgIpc) is 2.14. The van der Waals surface area contributed by atoms with Gasteiger partial charge >= 0.3 is 12.1 Å². The van der Waals surface area contributed by atoms with Gasteiger partial charge in [-0.1, -0.05) is 6.92 Å². The Kier molecular flexibility index (Phi) is 7.48. The van der Waals surface area contributed by atoms with Gasteiger partial charge in [-0.05, 0) is 0 Å². The Bertz CT molecular complexity index is 244. The van der Waals surface area contributed by atoms with Crippen molar-refractivity contribution in [2.24, 2.45) is 17.4 Å². The van der Waals surface area contributed by atoms with Gasteiger partial charge in [0.05, 0.1) is 6.04 Å². The van der Waals surface area contributed by atoms with Crippen molar-refractivity contribution in [1.29, 1.82) is 0 Å². The highest BCUT2D eigenvalue weighted by atomic mass is 19.4. The maximum atomic E-state index is 10.6. The molecule has 0 radical (unpaired) electrons. The van der Waals surface area contributed by atoms with Gasteiger partial charge in [0.25, 0.3) is 0 Å². The van der Waals surface area contributed by atoms with Gasteiger partial charge in [0.1, 0.15) is 0 Å². The van der Waals surface area contributed by atoms with Gasteiger partial charge in [-0.3, -0.25) is 4.79 Å². The number of rotatable bonds is 3. The fourth-order valence-electron chi connectivity index (χ4n) is 0.394. The Morgan fingerprint density at radius 1 is 1.38 bits per heavy atom. The molecule has 0 aromatic rings. The molecule has 0 spiro atoms. The van der Waals surface area contributed by atoms with Crippen molar-refractivity contribution in [3.8, 4) is 0 Å². The first-order valence-corrected chi connectivity index (χ1v) is 3.99. The van der Waals surface area contributed by atoms with Crippen LogP contribution < -0.4 is 11.5 Å².